The highest BCUT2D eigenvalue weighted by molar-refractivity contribution is 5.94. The van der Waals surface area contributed by atoms with Crippen LogP contribution in [0.15, 0.2) is 24.3 Å². The number of hydrogen-bond donors (Lipinski definition) is 2. The van der Waals surface area contributed by atoms with E-state index in [2.05, 4.69) is 26.1 Å². The Hall–Kier alpha value is -1.42. The molecular formula is C14H21FN2O. The molecule has 0 aliphatic carbocycles. The van der Waals surface area contributed by atoms with Crippen LogP contribution >= 0.6 is 0 Å². The van der Waals surface area contributed by atoms with Gasteiger partial charge < -0.3 is 11.1 Å². The van der Waals surface area contributed by atoms with Gasteiger partial charge in [-0.15, -0.1) is 0 Å². The highest BCUT2D eigenvalue weighted by Gasteiger charge is 2.17. The van der Waals surface area contributed by atoms with Gasteiger partial charge in [-0.05, 0) is 24.0 Å². The Kier molecular flexibility index (Phi) is 4.84. The number of carbonyl (C=O) groups excluding carboxylic acids is 1. The summed E-state index contributed by atoms with van der Waals surface area (Å²) in [5.41, 5.74) is 6.09. The summed E-state index contributed by atoms with van der Waals surface area (Å²) in [6.07, 6.45) is 0.796. The normalized spacial score (nSPS) is 13.2. The first-order valence-corrected chi connectivity index (χ1v) is 6.08. The minimum Gasteiger partial charge on any atom is -0.350 e. The third kappa shape index (κ3) is 4.84. The second-order valence-corrected chi connectivity index (χ2v) is 5.71. The first kappa shape index (κ1) is 14.6. The van der Waals surface area contributed by atoms with E-state index in [0.717, 1.165) is 6.42 Å². The van der Waals surface area contributed by atoms with E-state index in [9.17, 15) is 9.18 Å². The fraction of sp³-hybridized carbons (Fsp3) is 0.500. The monoisotopic (exact) mass is 252 g/mol. The molecule has 0 aliphatic heterocycles. The van der Waals surface area contributed by atoms with Crippen LogP contribution in [0.5, 0.6) is 0 Å². The summed E-state index contributed by atoms with van der Waals surface area (Å²) in [7, 11) is 0. The van der Waals surface area contributed by atoms with Crippen molar-refractivity contribution in [3.63, 3.8) is 0 Å². The van der Waals surface area contributed by atoms with Crippen LogP contribution < -0.4 is 11.1 Å². The second kappa shape index (κ2) is 5.96. The second-order valence-electron chi connectivity index (χ2n) is 5.71. The highest BCUT2D eigenvalue weighted by atomic mass is 19.1. The summed E-state index contributed by atoms with van der Waals surface area (Å²) in [4.78, 5) is 11.7. The van der Waals surface area contributed by atoms with E-state index < -0.39 is 11.7 Å². The van der Waals surface area contributed by atoms with E-state index in [1.54, 1.807) is 12.1 Å². The molecule has 0 heterocycles. The van der Waals surface area contributed by atoms with Crippen LogP contribution in [-0.2, 0) is 0 Å². The summed E-state index contributed by atoms with van der Waals surface area (Å²) in [6, 6.07) is 5.79. The van der Waals surface area contributed by atoms with E-state index in [-0.39, 0.29) is 17.0 Å². The lowest BCUT2D eigenvalue weighted by molar-refractivity contribution is 0.0944. The van der Waals surface area contributed by atoms with Gasteiger partial charge in [0.25, 0.3) is 5.91 Å². The first-order valence-electron chi connectivity index (χ1n) is 6.08. The molecule has 0 radical (unpaired) electrons. The first-order chi connectivity index (χ1) is 8.29. The summed E-state index contributed by atoms with van der Waals surface area (Å²) in [5.74, 6) is -0.933. The lowest BCUT2D eigenvalue weighted by atomic mass is 9.88. The van der Waals surface area contributed by atoms with E-state index >= 15 is 0 Å². The van der Waals surface area contributed by atoms with Crippen molar-refractivity contribution in [2.75, 3.05) is 6.54 Å². The molecule has 3 nitrogen and oxygen atoms in total. The number of nitrogens with two attached hydrogens (primary N) is 1. The topological polar surface area (TPSA) is 55.1 Å². The molecular weight excluding hydrogens is 231 g/mol. The predicted molar refractivity (Wildman–Crippen MR) is 70.8 cm³/mol. The Bertz CT molecular complexity index is 413. The van der Waals surface area contributed by atoms with Crippen molar-refractivity contribution in [2.45, 2.75) is 33.2 Å². The third-order valence-electron chi connectivity index (χ3n) is 2.52. The van der Waals surface area contributed by atoms with Gasteiger partial charge in [0, 0.05) is 12.6 Å². The zero-order chi connectivity index (χ0) is 13.8. The van der Waals surface area contributed by atoms with Crippen LogP contribution in [0, 0.1) is 11.2 Å². The maximum absolute atomic E-state index is 13.3. The van der Waals surface area contributed by atoms with Gasteiger partial charge in [-0.2, -0.15) is 0 Å². The quantitative estimate of drug-likeness (QED) is 0.864. The average molecular weight is 252 g/mol. The minimum atomic E-state index is -0.514. The van der Waals surface area contributed by atoms with Crippen molar-refractivity contribution in [1.29, 1.82) is 0 Å². The standard InChI is InChI=1S/C14H21FN2O/c1-14(2,3)8-10(16)9-17-13(18)11-6-4-5-7-12(11)15/h4-7,10H,8-9,16H2,1-3H3,(H,17,18). The fourth-order valence-electron chi connectivity index (χ4n) is 1.82. The molecule has 1 unspecified atom stereocenters. The molecule has 0 saturated carbocycles. The van der Waals surface area contributed by atoms with Crippen LogP contribution in [0.2, 0.25) is 0 Å². The Labute approximate surface area is 108 Å². The molecule has 0 aliphatic rings. The Morgan fingerprint density at radius 3 is 2.56 bits per heavy atom. The van der Waals surface area contributed by atoms with Gasteiger partial charge in [0.2, 0.25) is 0 Å². The van der Waals surface area contributed by atoms with Gasteiger partial charge in [-0.3, -0.25) is 4.79 Å². The van der Waals surface area contributed by atoms with E-state index in [4.69, 9.17) is 5.73 Å². The lowest BCUT2D eigenvalue weighted by Crippen LogP contribution is -2.39. The maximum atomic E-state index is 13.3. The number of hydrogen-bond acceptors (Lipinski definition) is 2. The van der Waals surface area contributed by atoms with Gasteiger partial charge in [0.05, 0.1) is 5.56 Å². The maximum Gasteiger partial charge on any atom is 0.254 e. The molecule has 0 saturated heterocycles. The molecule has 1 amide bonds. The summed E-state index contributed by atoms with van der Waals surface area (Å²) >= 11 is 0. The summed E-state index contributed by atoms with van der Waals surface area (Å²) in [6.45, 7) is 6.62. The van der Waals surface area contributed by atoms with Crippen molar-refractivity contribution >= 4 is 5.91 Å². The van der Waals surface area contributed by atoms with Crippen LogP contribution in [-0.4, -0.2) is 18.5 Å². The van der Waals surface area contributed by atoms with Crippen LogP contribution in [0.4, 0.5) is 4.39 Å². The van der Waals surface area contributed by atoms with Crippen LogP contribution in [0.3, 0.4) is 0 Å². The molecule has 1 aromatic rings. The molecule has 1 atom stereocenters. The molecule has 18 heavy (non-hydrogen) atoms. The van der Waals surface area contributed by atoms with E-state index in [1.807, 2.05) is 0 Å². The predicted octanol–water partition coefficient (Wildman–Crippen LogP) is 2.32. The van der Waals surface area contributed by atoms with Crippen molar-refractivity contribution in [2.24, 2.45) is 11.1 Å². The molecule has 1 aromatic carbocycles. The van der Waals surface area contributed by atoms with E-state index in [0.29, 0.717) is 6.54 Å². The zero-order valence-corrected chi connectivity index (χ0v) is 11.2. The van der Waals surface area contributed by atoms with E-state index in [1.165, 1.54) is 12.1 Å². The van der Waals surface area contributed by atoms with Crippen LogP contribution in [0.25, 0.3) is 0 Å². The molecule has 0 aromatic heterocycles. The largest absolute Gasteiger partial charge is 0.350 e. The van der Waals surface area contributed by atoms with Crippen molar-refractivity contribution in [3.8, 4) is 0 Å². The fourth-order valence-corrected chi connectivity index (χ4v) is 1.82. The number of halogens is 1. The zero-order valence-electron chi connectivity index (χ0n) is 11.2. The van der Waals surface area contributed by atoms with Gasteiger partial charge >= 0.3 is 0 Å². The van der Waals surface area contributed by atoms with Crippen molar-refractivity contribution in [1.82, 2.24) is 5.32 Å². The molecule has 3 N–H and O–H groups in total. The SMILES string of the molecule is CC(C)(C)CC(N)CNC(=O)c1ccccc1F. The summed E-state index contributed by atoms with van der Waals surface area (Å²) in [5, 5.41) is 2.66. The third-order valence-corrected chi connectivity index (χ3v) is 2.52. The molecule has 4 heteroatoms. The minimum absolute atomic E-state index is 0.0560. The number of rotatable bonds is 4. The van der Waals surface area contributed by atoms with Crippen LogP contribution in [0.1, 0.15) is 37.6 Å². The number of benzene rings is 1. The number of carbonyl (C=O) groups is 1. The highest BCUT2D eigenvalue weighted by Crippen LogP contribution is 2.19. The smallest absolute Gasteiger partial charge is 0.254 e. The molecule has 0 spiro atoms. The average Bonchev–Trinajstić information content (AvgIpc) is 2.24. The van der Waals surface area contributed by atoms with Gasteiger partial charge in [0.1, 0.15) is 5.82 Å². The number of amides is 1. The Balaban J connectivity index is 2.50. The van der Waals surface area contributed by atoms with Gasteiger partial charge in [-0.1, -0.05) is 32.9 Å². The van der Waals surface area contributed by atoms with Gasteiger partial charge in [0.15, 0.2) is 0 Å². The molecule has 100 valence electrons. The molecule has 1 rings (SSSR count). The Morgan fingerprint density at radius 1 is 1.39 bits per heavy atom. The molecule has 0 fully saturated rings. The molecule has 0 bridgehead atoms. The number of nitrogens with one attached hydrogen (secondary N) is 1. The van der Waals surface area contributed by atoms with Gasteiger partial charge in [-0.25, -0.2) is 4.39 Å². The summed E-state index contributed by atoms with van der Waals surface area (Å²) < 4.78 is 13.3. The van der Waals surface area contributed by atoms with Crippen molar-refractivity contribution < 1.29 is 9.18 Å². The lowest BCUT2D eigenvalue weighted by Gasteiger charge is -2.23. The Morgan fingerprint density at radius 2 is 2.00 bits per heavy atom. The van der Waals surface area contributed by atoms with Crippen molar-refractivity contribution in [3.05, 3.63) is 35.6 Å².